The molecule has 23 heavy (non-hydrogen) atoms. The Hall–Kier alpha value is -1.69. The highest BCUT2D eigenvalue weighted by Gasteiger charge is 2.30. The van der Waals surface area contributed by atoms with E-state index in [9.17, 15) is 18.0 Å². The smallest absolute Gasteiger partial charge is 0.294 e. The molecule has 2 aromatic rings. The van der Waals surface area contributed by atoms with E-state index in [1.165, 1.54) is 6.20 Å². The van der Waals surface area contributed by atoms with Crippen molar-refractivity contribution in [2.75, 3.05) is 0 Å². The number of ketones is 1. The van der Waals surface area contributed by atoms with Gasteiger partial charge in [-0.25, -0.2) is 0 Å². The zero-order valence-electron chi connectivity index (χ0n) is 13.0. The van der Waals surface area contributed by atoms with Gasteiger partial charge in [-0.05, 0) is 43.4 Å². The van der Waals surface area contributed by atoms with E-state index in [1.54, 1.807) is 11.3 Å². The summed E-state index contributed by atoms with van der Waals surface area (Å²) < 4.78 is 37.9. The SMILES string of the molecule is CCc1c(C(=O)CCCc2cncc(C(F)(F)F)c2)csc1C. The minimum absolute atomic E-state index is 0.0612. The molecule has 124 valence electrons. The topological polar surface area (TPSA) is 30.0 Å². The van der Waals surface area contributed by atoms with Crippen LogP contribution in [0.25, 0.3) is 0 Å². The molecule has 2 aromatic heterocycles. The molecule has 0 atom stereocenters. The molecule has 6 heteroatoms. The van der Waals surface area contributed by atoms with E-state index in [0.717, 1.165) is 34.7 Å². The van der Waals surface area contributed by atoms with Crippen molar-refractivity contribution in [1.29, 1.82) is 0 Å². The predicted molar refractivity (Wildman–Crippen MR) is 84.9 cm³/mol. The number of aryl methyl sites for hydroxylation is 2. The highest BCUT2D eigenvalue weighted by molar-refractivity contribution is 7.10. The third kappa shape index (κ3) is 4.41. The third-order valence-corrected chi connectivity index (χ3v) is 4.70. The minimum Gasteiger partial charge on any atom is -0.294 e. The van der Waals surface area contributed by atoms with E-state index < -0.39 is 11.7 Å². The van der Waals surface area contributed by atoms with Crippen molar-refractivity contribution in [2.24, 2.45) is 0 Å². The van der Waals surface area contributed by atoms with Gasteiger partial charge >= 0.3 is 6.18 Å². The number of pyridine rings is 1. The van der Waals surface area contributed by atoms with Gasteiger partial charge in [-0.2, -0.15) is 13.2 Å². The van der Waals surface area contributed by atoms with Gasteiger partial charge in [0.25, 0.3) is 0 Å². The van der Waals surface area contributed by atoms with Crippen molar-refractivity contribution < 1.29 is 18.0 Å². The highest BCUT2D eigenvalue weighted by Crippen LogP contribution is 2.29. The van der Waals surface area contributed by atoms with Crippen molar-refractivity contribution >= 4 is 17.1 Å². The Labute approximate surface area is 137 Å². The number of aromatic nitrogens is 1. The Kier molecular flexibility index (Phi) is 5.57. The lowest BCUT2D eigenvalue weighted by Gasteiger charge is -2.08. The highest BCUT2D eigenvalue weighted by atomic mass is 32.1. The number of halogens is 3. The molecule has 0 amide bonds. The molecule has 0 N–H and O–H groups in total. The molecule has 0 aliphatic carbocycles. The zero-order valence-corrected chi connectivity index (χ0v) is 13.9. The van der Waals surface area contributed by atoms with Gasteiger partial charge in [-0.1, -0.05) is 6.92 Å². The summed E-state index contributed by atoms with van der Waals surface area (Å²) in [4.78, 5) is 17.1. The van der Waals surface area contributed by atoms with Gasteiger partial charge in [-0.15, -0.1) is 11.3 Å². The van der Waals surface area contributed by atoms with Crippen molar-refractivity contribution in [3.8, 4) is 0 Å². The molecular formula is C17H18F3NOS. The molecule has 0 unspecified atom stereocenters. The zero-order chi connectivity index (χ0) is 17.0. The molecule has 0 fully saturated rings. The van der Waals surface area contributed by atoms with E-state index >= 15 is 0 Å². The van der Waals surface area contributed by atoms with E-state index in [1.807, 2.05) is 19.2 Å². The summed E-state index contributed by atoms with van der Waals surface area (Å²) in [5.41, 5.74) is 1.60. The maximum atomic E-state index is 12.6. The van der Waals surface area contributed by atoms with Crippen LogP contribution < -0.4 is 0 Å². The number of nitrogens with zero attached hydrogens (tertiary/aromatic N) is 1. The van der Waals surface area contributed by atoms with Crippen LogP contribution in [-0.4, -0.2) is 10.8 Å². The van der Waals surface area contributed by atoms with E-state index in [4.69, 9.17) is 0 Å². The van der Waals surface area contributed by atoms with E-state index in [0.29, 0.717) is 24.8 Å². The number of alkyl halides is 3. The second-order valence-electron chi connectivity index (χ2n) is 5.39. The summed E-state index contributed by atoms with van der Waals surface area (Å²) in [5, 5.41) is 1.88. The van der Waals surface area contributed by atoms with Crippen LogP contribution in [0.3, 0.4) is 0 Å². The molecule has 0 aliphatic heterocycles. The van der Waals surface area contributed by atoms with Gasteiger partial charge in [0.2, 0.25) is 0 Å². The fourth-order valence-corrected chi connectivity index (χ4v) is 3.48. The van der Waals surface area contributed by atoms with Crippen LogP contribution >= 0.6 is 11.3 Å². The number of hydrogen-bond donors (Lipinski definition) is 0. The van der Waals surface area contributed by atoms with Crippen molar-refractivity contribution in [3.05, 3.63) is 51.0 Å². The lowest BCUT2D eigenvalue weighted by molar-refractivity contribution is -0.137. The standard InChI is InChI=1S/C17H18F3NOS/c1-3-14-11(2)23-10-15(14)16(22)6-4-5-12-7-13(9-21-8-12)17(18,19)20/h7-10H,3-6H2,1-2H3. The minimum atomic E-state index is -4.39. The van der Waals surface area contributed by atoms with Gasteiger partial charge in [0.05, 0.1) is 5.56 Å². The Bertz CT molecular complexity index is 691. The fourth-order valence-electron chi connectivity index (χ4n) is 2.52. The monoisotopic (exact) mass is 341 g/mol. The van der Waals surface area contributed by atoms with Crippen LogP contribution in [0.4, 0.5) is 13.2 Å². The maximum absolute atomic E-state index is 12.6. The normalized spacial score (nSPS) is 11.7. The summed E-state index contributed by atoms with van der Waals surface area (Å²) in [6, 6.07) is 1.10. The van der Waals surface area contributed by atoms with Crippen LogP contribution in [0.15, 0.2) is 23.8 Å². The van der Waals surface area contributed by atoms with Gasteiger partial charge < -0.3 is 0 Å². The van der Waals surface area contributed by atoms with Crippen molar-refractivity contribution in [3.63, 3.8) is 0 Å². The van der Waals surface area contributed by atoms with Gasteiger partial charge in [0.15, 0.2) is 5.78 Å². The first kappa shape index (κ1) is 17.7. The largest absolute Gasteiger partial charge is 0.417 e. The van der Waals surface area contributed by atoms with Crippen molar-refractivity contribution in [1.82, 2.24) is 4.98 Å². The number of carbonyl (C=O) groups excluding carboxylic acids is 1. The van der Waals surface area contributed by atoms with Gasteiger partial charge in [0.1, 0.15) is 0 Å². The summed E-state index contributed by atoms with van der Waals surface area (Å²) in [6.07, 6.45) is -0.0776. The molecule has 0 aromatic carbocycles. The number of rotatable bonds is 6. The summed E-state index contributed by atoms with van der Waals surface area (Å²) in [7, 11) is 0. The molecule has 2 rings (SSSR count). The van der Waals surface area contributed by atoms with Crippen LogP contribution in [0.1, 0.15) is 51.7 Å². The Morgan fingerprint density at radius 3 is 2.70 bits per heavy atom. The molecule has 2 heterocycles. The lowest BCUT2D eigenvalue weighted by atomic mass is 10.00. The maximum Gasteiger partial charge on any atom is 0.417 e. The van der Waals surface area contributed by atoms with Crippen LogP contribution in [0.5, 0.6) is 0 Å². The number of hydrogen-bond acceptors (Lipinski definition) is 3. The Balaban J connectivity index is 1.96. The molecule has 0 spiro atoms. The molecule has 0 saturated carbocycles. The average molecular weight is 341 g/mol. The van der Waals surface area contributed by atoms with Crippen LogP contribution in [0, 0.1) is 6.92 Å². The molecule has 0 aliphatic rings. The summed E-state index contributed by atoms with van der Waals surface area (Å²) in [6.45, 7) is 4.01. The Morgan fingerprint density at radius 2 is 2.04 bits per heavy atom. The first-order valence-corrected chi connectivity index (χ1v) is 8.32. The fraction of sp³-hybridized carbons (Fsp3) is 0.412. The molecule has 0 saturated heterocycles. The number of thiophene rings is 1. The quantitative estimate of drug-likeness (QED) is 0.673. The average Bonchev–Trinajstić information content (AvgIpc) is 2.87. The second kappa shape index (κ2) is 7.25. The first-order valence-electron chi connectivity index (χ1n) is 7.44. The number of carbonyl (C=O) groups is 1. The lowest BCUT2D eigenvalue weighted by Crippen LogP contribution is -2.06. The number of Topliss-reactive ketones (excluding diaryl/α,β-unsaturated/α-hetero) is 1. The van der Waals surface area contributed by atoms with Crippen molar-refractivity contribution in [2.45, 2.75) is 45.7 Å². The Morgan fingerprint density at radius 1 is 1.30 bits per heavy atom. The van der Waals surface area contributed by atoms with E-state index in [2.05, 4.69) is 4.98 Å². The van der Waals surface area contributed by atoms with Gasteiger partial charge in [-0.3, -0.25) is 9.78 Å². The molecule has 0 radical (unpaired) electrons. The predicted octanol–water partition coefficient (Wildman–Crippen LogP) is 5.24. The third-order valence-electron chi connectivity index (χ3n) is 3.75. The first-order chi connectivity index (χ1) is 10.8. The molecule has 2 nitrogen and oxygen atoms in total. The second-order valence-corrected chi connectivity index (χ2v) is 6.48. The summed E-state index contributed by atoms with van der Waals surface area (Å²) >= 11 is 1.56. The summed E-state index contributed by atoms with van der Waals surface area (Å²) in [5.74, 6) is 0.0612. The van der Waals surface area contributed by atoms with Crippen LogP contribution in [0.2, 0.25) is 0 Å². The van der Waals surface area contributed by atoms with E-state index in [-0.39, 0.29) is 5.78 Å². The van der Waals surface area contributed by atoms with Crippen LogP contribution in [-0.2, 0) is 19.0 Å². The van der Waals surface area contributed by atoms with Gasteiger partial charge in [0, 0.05) is 34.6 Å². The molecule has 0 bridgehead atoms. The molecular weight excluding hydrogens is 323 g/mol.